The number of hydrogen-bond acceptors (Lipinski definition) is 5. The van der Waals surface area contributed by atoms with Crippen LogP contribution in [0.2, 0.25) is 0 Å². The number of carbonyl (C=O) groups is 3. The third-order valence-electron chi connectivity index (χ3n) is 7.13. The fourth-order valence-electron chi connectivity index (χ4n) is 5.88. The number of amides is 3. The summed E-state index contributed by atoms with van der Waals surface area (Å²) in [7, 11) is 1.57. The van der Waals surface area contributed by atoms with Crippen molar-refractivity contribution >= 4 is 17.7 Å². The summed E-state index contributed by atoms with van der Waals surface area (Å²) in [5, 5.41) is 15.1. The first kappa shape index (κ1) is 22.0. The zero-order valence-corrected chi connectivity index (χ0v) is 18.0. The van der Waals surface area contributed by atoms with Gasteiger partial charge in [0.1, 0.15) is 11.6 Å². The quantitative estimate of drug-likeness (QED) is 0.516. The molecule has 0 radical (unpaired) electrons. The van der Waals surface area contributed by atoms with E-state index in [1.165, 1.54) is 0 Å². The molecule has 8 nitrogen and oxygen atoms in total. The van der Waals surface area contributed by atoms with E-state index in [1.807, 2.05) is 13.8 Å². The molecule has 164 valence electrons. The smallest absolute Gasteiger partial charge is 0.246 e. The second-order valence-corrected chi connectivity index (χ2v) is 8.75. The maximum Gasteiger partial charge on any atom is 0.246 e. The Bertz CT molecular complexity index is 671. The van der Waals surface area contributed by atoms with Gasteiger partial charge in [0.15, 0.2) is 0 Å². The highest BCUT2D eigenvalue weighted by Gasteiger charge is 2.78. The van der Waals surface area contributed by atoms with E-state index in [-0.39, 0.29) is 36.9 Å². The molecule has 29 heavy (non-hydrogen) atoms. The van der Waals surface area contributed by atoms with Crippen molar-refractivity contribution in [3.8, 4) is 0 Å². The van der Waals surface area contributed by atoms with Crippen molar-refractivity contribution in [2.75, 3.05) is 20.2 Å². The minimum absolute atomic E-state index is 0.00813. The fourth-order valence-corrected chi connectivity index (χ4v) is 5.88. The van der Waals surface area contributed by atoms with Gasteiger partial charge in [-0.15, -0.1) is 0 Å². The third-order valence-corrected chi connectivity index (χ3v) is 7.13. The highest BCUT2D eigenvalue weighted by Crippen LogP contribution is 2.64. The van der Waals surface area contributed by atoms with Crippen molar-refractivity contribution < 1.29 is 24.2 Å². The van der Waals surface area contributed by atoms with E-state index in [2.05, 4.69) is 17.6 Å². The number of nitrogens with one attached hydrogen (secondary N) is 2. The summed E-state index contributed by atoms with van der Waals surface area (Å²) in [6.07, 6.45) is 4.04. The Morgan fingerprint density at radius 3 is 2.62 bits per heavy atom. The van der Waals surface area contributed by atoms with Gasteiger partial charge >= 0.3 is 0 Å². The molecule has 0 aromatic heterocycles. The van der Waals surface area contributed by atoms with Crippen LogP contribution >= 0.6 is 0 Å². The third kappa shape index (κ3) is 3.24. The molecule has 0 aromatic carbocycles. The molecule has 6 atom stereocenters. The lowest BCUT2D eigenvalue weighted by atomic mass is 9.65. The van der Waals surface area contributed by atoms with Crippen LogP contribution in [0.25, 0.3) is 0 Å². The monoisotopic (exact) mass is 409 g/mol. The summed E-state index contributed by atoms with van der Waals surface area (Å²) >= 11 is 0. The summed E-state index contributed by atoms with van der Waals surface area (Å²) in [5.74, 6) is -1.88. The molecule has 1 spiro atoms. The lowest BCUT2D eigenvalue weighted by Crippen LogP contribution is -2.56. The lowest BCUT2D eigenvalue weighted by Gasteiger charge is -2.34. The van der Waals surface area contributed by atoms with Gasteiger partial charge in [-0.05, 0) is 39.0 Å². The Hall–Kier alpha value is -1.67. The molecule has 3 unspecified atom stereocenters. The number of hydrogen-bond donors (Lipinski definition) is 3. The molecule has 3 saturated heterocycles. The number of likely N-dealkylation sites (tertiary alicyclic amines) is 1. The number of ether oxygens (including phenoxy) is 1. The van der Waals surface area contributed by atoms with Crippen LogP contribution in [0.4, 0.5) is 0 Å². The van der Waals surface area contributed by atoms with Gasteiger partial charge in [-0.1, -0.05) is 20.3 Å². The maximum absolute atomic E-state index is 13.5. The molecule has 0 saturated carbocycles. The van der Waals surface area contributed by atoms with Crippen LogP contribution in [0.1, 0.15) is 59.3 Å². The van der Waals surface area contributed by atoms with Crippen molar-refractivity contribution in [3.05, 3.63) is 0 Å². The van der Waals surface area contributed by atoms with Crippen LogP contribution in [-0.4, -0.2) is 71.2 Å². The van der Waals surface area contributed by atoms with Gasteiger partial charge in [-0.2, -0.15) is 0 Å². The van der Waals surface area contributed by atoms with Crippen molar-refractivity contribution in [3.63, 3.8) is 0 Å². The van der Waals surface area contributed by atoms with E-state index < -0.39 is 29.1 Å². The van der Waals surface area contributed by atoms with Gasteiger partial charge in [0.25, 0.3) is 0 Å². The van der Waals surface area contributed by atoms with E-state index in [9.17, 15) is 19.5 Å². The highest BCUT2D eigenvalue weighted by atomic mass is 16.5. The Morgan fingerprint density at radius 1 is 1.31 bits per heavy atom. The molecule has 0 aromatic rings. The highest BCUT2D eigenvalue weighted by molar-refractivity contribution is 5.99. The van der Waals surface area contributed by atoms with Gasteiger partial charge in [-0.3, -0.25) is 14.4 Å². The Kier molecular flexibility index (Phi) is 6.24. The zero-order valence-electron chi connectivity index (χ0n) is 18.0. The van der Waals surface area contributed by atoms with Gasteiger partial charge in [0, 0.05) is 26.2 Å². The average Bonchev–Trinajstić information content (AvgIpc) is 3.29. The molecule has 3 aliphatic heterocycles. The number of carbonyl (C=O) groups excluding carboxylic acids is 3. The van der Waals surface area contributed by atoms with Crippen LogP contribution < -0.4 is 10.6 Å². The van der Waals surface area contributed by atoms with Gasteiger partial charge < -0.3 is 25.4 Å². The Labute approximate surface area is 172 Å². The molecule has 2 bridgehead atoms. The van der Waals surface area contributed by atoms with Crippen molar-refractivity contribution in [2.24, 2.45) is 11.8 Å². The van der Waals surface area contributed by atoms with Crippen molar-refractivity contribution in [1.82, 2.24) is 15.5 Å². The predicted molar refractivity (Wildman–Crippen MR) is 107 cm³/mol. The number of aliphatic hydroxyl groups is 1. The van der Waals surface area contributed by atoms with Gasteiger partial charge in [0.05, 0.1) is 17.4 Å². The Morgan fingerprint density at radius 2 is 2.03 bits per heavy atom. The average molecular weight is 410 g/mol. The molecule has 3 rings (SSSR count). The summed E-state index contributed by atoms with van der Waals surface area (Å²) in [5.41, 5.74) is -1.67. The molecule has 3 fully saturated rings. The van der Waals surface area contributed by atoms with Crippen LogP contribution in [0.3, 0.4) is 0 Å². The minimum atomic E-state index is -0.976. The molecule has 3 amide bonds. The van der Waals surface area contributed by atoms with E-state index >= 15 is 0 Å². The summed E-state index contributed by atoms with van der Waals surface area (Å²) in [6.45, 7) is 6.20. The van der Waals surface area contributed by atoms with Gasteiger partial charge in [-0.25, -0.2) is 0 Å². The number of rotatable bonds is 9. The number of nitrogens with zero attached hydrogens (tertiary/aromatic N) is 1. The van der Waals surface area contributed by atoms with Gasteiger partial charge in [0.2, 0.25) is 17.7 Å². The SMILES string of the molecule is CCCC(C)NC(=O)C1N(CCCO)C(=O)[C@@H]2[C@@H](C(=O)NC)[C@@]3(CC)CCC12O3. The molecule has 3 aliphatic rings. The normalized spacial score (nSPS) is 36.2. The molecule has 3 N–H and O–H groups in total. The zero-order chi connectivity index (χ0) is 21.4. The predicted octanol–water partition coefficient (Wildman–Crippen LogP) is 0.574. The molecule has 0 aliphatic carbocycles. The van der Waals surface area contributed by atoms with E-state index in [0.717, 1.165) is 12.8 Å². The Balaban J connectivity index is 2.00. The van der Waals surface area contributed by atoms with Crippen LogP contribution in [0, 0.1) is 11.8 Å². The summed E-state index contributed by atoms with van der Waals surface area (Å²) in [4.78, 5) is 41.2. The topological polar surface area (TPSA) is 108 Å². The van der Waals surface area contributed by atoms with Crippen LogP contribution in [-0.2, 0) is 19.1 Å². The van der Waals surface area contributed by atoms with E-state index in [1.54, 1.807) is 11.9 Å². The lowest BCUT2D eigenvalue weighted by molar-refractivity contribution is -0.148. The molecule has 8 heteroatoms. The summed E-state index contributed by atoms with van der Waals surface area (Å²) in [6, 6.07) is -0.778. The fraction of sp³-hybridized carbons (Fsp3) is 0.857. The second kappa shape index (κ2) is 8.22. The first-order valence-corrected chi connectivity index (χ1v) is 10.9. The molecular weight excluding hydrogens is 374 g/mol. The van der Waals surface area contributed by atoms with E-state index in [4.69, 9.17) is 4.74 Å². The minimum Gasteiger partial charge on any atom is -0.396 e. The van der Waals surface area contributed by atoms with Crippen molar-refractivity contribution in [1.29, 1.82) is 0 Å². The van der Waals surface area contributed by atoms with E-state index in [0.29, 0.717) is 25.7 Å². The first-order valence-electron chi connectivity index (χ1n) is 10.9. The van der Waals surface area contributed by atoms with Crippen molar-refractivity contribution in [2.45, 2.75) is 82.6 Å². The molecule has 3 heterocycles. The largest absolute Gasteiger partial charge is 0.396 e. The summed E-state index contributed by atoms with van der Waals surface area (Å²) < 4.78 is 6.57. The first-order chi connectivity index (χ1) is 13.8. The van der Waals surface area contributed by atoms with Crippen LogP contribution in [0.15, 0.2) is 0 Å². The van der Waals surface area contributed by atoms with Crippen LogP contribution in [0.5, 0.6) is 0 Å². The molecular formula is C21H35N3O5. The standard InChI is InChI=1S/C21H35N3O5/c1-5-8-13(3)23-18(27)16-21-10-9-20(6-2,29-21)14(17(26)22-4)15(21)19(28)24(16)11-7-12-25/h13-16,25H,5-12H2,1-4H3,(H,22,26)(H,23,27)/t13?,14-,15-,16?,20+,21?/m0/s1. The maximum atomic E-state index is 13.5. The number of fused-ring (bicyclic) bond motifs is 1. The second-order valence-electron chi connectivity index (χ2n) is 8.75. The number of aliphatic hydroxyl groups excluding tert-OH is 1.